The Morgan fingerprint density at radius 1 is 1.03 bits per heavy atom. The van der Waals surface area contributed by atoms with Crippen LogP contribution in [0.5, 0.6) is 0 Å². The number of aryl methyl sites for hydroxylation is 1. The number of unbranched alkanes of at least 4 members (excludes halogenated alkanes) is 3. The summed E-state index contributed by atoms with van der Waals surface area (Å²) in [7, 11) is 3.89. The van der Waals surface area contributed by atoms with E-state index in [0.29, 0.717) is 6.42 Å². The molecule has 0 aliphatic carbocycles. The number of hydrogen-bond acceptors (Lipinski definition) is 5. The molecule has 1 N–H and O–H groups in total. The lowest BCUT2D eigenvalue weighted by molar-refractivity contribution is -0.135. The lowest BCUT2D eigenvalue weighted by atomic mass is 10.1. The number of aromatic nitrogens is 2. The van der Waals surface area contributed by atoms with Gasteiger partial charge in [-0.15, -0.1) is 0 Å². The average molecular weight is 470 g/mol. The summed E-state index contributed by atoms with van der Waals surface area (Å²) in [6.07, 6.45) is 9.70. The van der Waals surface area contributed by atoms with Crippen LogP contribution in [-0.2, 0) is 23.2 Å². The van der Waals surface area contributed by atoms with Crippen LogP contribution in [0.2, 0.25) is 0 Å². The zero-order valence-electron chi connectivity index (χ0n) is 20.7. The molecule has 1 atom stereocenters. The average Bonchev–Trinajstić information content (AvgIpc) is 3.08. The van der Waals surface area contributed by atoms with E-state index in [2.05, 4.69) is 28.2 Å². The van der Waals surface area contributed by atoms with Gasteiger partial charge < -0.3 is 9.80 Å². The van der Waals surface area contributed by atoms with Crippen molar-refractivity contribution >= 4 is 22.8 Å². The number of nitrogens with one attached hydrogen (secondary N) is 1. The third kappa shape index (κ3) is 5.61. The number of benzene rings is 1. The van der Waals surface area contributed by atoms with Gasteiger partial charge in [0.2, 0.25) is 11.8 Å². The van der Waals surface area contributed by atoms with E-state index in [1.807, 2.05) is 12.1 Å². The van der Waals surface area contributed by atoms with Crippen LogP contribution >= 0.6 is 0 Å². The van der Waals surface area contributed by atoms with Gasteiger partial charge in [-0.05, 0) is 77.0 Å². The Morgan fingerprint density at radius 2 is 1.79 bits per heavy atom. The second-order valence-electron chi connectivity index (χ2n) is 10.0. The zero-order chi connectivity index (χ0) is 24.1. The Balaban J connectivity index is 1.34. The normalized spacial score (nSPS) is 19.8. The maximum Gasteiger partial charge on any atom is 0.329 e. The molecule has 2 aliphatic heterocycles. The van der Waals surface area contributed by atoms with E-state index in [4.69, 9.17) is 0 Å². The monoisotopic (exact) mass is 469 g/mol. The highest BCUT2D eigenvalue weighted by Crippen LogP contribution is 2.25. The van der Waals surface area contributed by atoms with Gasteiger partial charge in [-0.2, -0.15) is 0 Å². The van der Waals surface area contributed by atoms with E-state index < -0.39 is 11.9 Å². The van der Waals surface area contributed by atoms with Gasteiger partial charge >= 0.3 is 5.69 Å². The topological polar surface area (TPSA) is 79.6 Å². The fourth-order valence-corrected chi connectivity index (χ4v) is 5.50. The predicted octanol–water partition coefficient (Wildman–Crippen LogP) is 2.80. The van der Waals surface area contributed by atoms with Gasteiger partial charge in [0.15, 0.2) is 0 Å². The molecule has 34 heavy (non-hydrogen) atoms. The largest absolute Gasteiger partial charge is 0.329 e. The Bertz CT molecular complexity index is 1070. The maximum absolute atomic E-state index is 13.1. The highest BCUT2D eigenvalue weighted by molar-refractivity contribution is 6.00. The second kappa shape index (κ2) is 11.3. The smallest absolute Gasteiger partial charge is 0.303 e. The van der Waals surface area contributed by atoms with Crippen LogP contribution in [-0.4, -0.2) is 64.0 Å². The predicted molar refractivity (Wildman–Crippen MR) is 134 cm³/mol. The molecule has 2 saturated heterocycles. The molecule has 0 radical (unpaired) electrons. The van der Waals surface area contributed by atoms with Gasteiger partial charge in [0, 0.05) is 20.0 Å². The molecule has 2 aliphatic rings. The maximum atomic E-state index is 13.1. The number of fused-ring (bicyclic) bond motifs is 1. The van der Waals surface area contributed by atoms with Crippen LogP contribution in [0, 0.1) is 0 Å². The van der Waals surface area contributed by atoms with E-state index in [1.165, 1.54) is 64.6 Å². The van der Waals surface area contributed by atoms with Crippen molar-refractivity contribution in [2.45, 2.75) is 70.4 Å². The van der Waals surface area contributed by atoms with Gasteiger partial charge in [-0.1, -0.05) is 31.4 Å². The van der Waals surface area contributed by atoms with Crippen LogP contribution in [0.25, 0.3) is 11.0 Å². The van der Waals surface area contributed by atoms with E-state index in [1.54, 1.807) is 16.2 Å². The van der Waals surface area contributed by atoms with E-state index >= 15 is 0 Å². The van der Waals surface area contributed by atoms with Gasteiger partial charge in [-0.3, -0.25) is 24.0 Å². The minimum absolute atomic E-state index is 0.215. The van der Waals surface area contributed by atoms with Crippen molar-refractivity contribution in [3.05, 3.63) is 34.2 Å². The minimum atomic E-state index is -0.646. The molecule has 8 nitrogen and oxygen atoms in total. The number of imide groups is 1. The number of carbonyl (C=O) groups excluding carboxylic acids is 2. The van der Waals surface area contributed by atoms with Crippen molar-refractivity contribution in [2.24, 2.45) is 7.05 Å². The van der Waals surface area contributed by atoms with Crippen LogP contribution in [0.3, 0.4) is 0 Å². The number of para-hydroxylation sites is 1. The molecule has 4 rings (SSSR count). The number of carbonyl (C=O) groups is 2. The summed E-state index contributed by atoms with van der Waals surface area (Å²) in [5.41, 5.74) is 2.49. The summed E-state index contributed by atoms with van der Waals surface area (Å²) in [5.74, 6) is -0.669. The SMILES string of the molecule is CN(CCCCCCN1CCCCC1)Cc1cccc2c1n(C)c(=O)n2C1CCC(=O)NC1=O. The number of likely N-dealkylation sites (tertiary alicyclic amines) is 1. The first-order valence-corrected chi connectivity index (χ1v) is 12.9. The second-order valence-corrected chi connectivity index (χ2v) is 10.0. The summed E-state index contributed by atoms with van der Waals surface area (Å²) < 4.78 is 3.20. The number of imidazole rings is 1. The van der Waals surface area contributed by atoms with E-state index in [-0.39, 0.29) is 18.0 Å². The standard InChI is InChI=1S/C26H39N5O3/c1-28(15-6-3-4-7-16-30-17-8-5-9-18-30)19-20-11-10-12-21-24(20)29(2)26(34)31(21)22-13-14-23(32)27-25(22)33/h10-12,22H,3-9,13-19H2,1-2H3,(H,27,32,33). The van der Waals surface area contributed by atoms with Gasteiger partial charge in [0.1, 0.15) is 6.04 Å². The van der Waals surface area contributed by atoms with Crippen LogP contribution in [0.15, 0.2) is 23.0 Å². The molecule has 186 valence electrons. The fourth-order valence-electron chi connectivity index (χ4n) is 5.50. The van der Waals surface area contributed by atoms with Crippen molar-refractivity contribution in [3.63, 3.8) is 0 Å². The molecule has 2 amide bonds. The summed E-state index contributed by atoms with van der Waals surface area (Å²) in [4.78, 5) is 42.0. The van der Waals surface area contributed by atoms with Crippen LogP contribution in [0.1, 0.15) is 69.4 Å². The Kier molecular flexibility index (Phi) is 8.21. The number of amides is 2. The fraction of sp³-hybridized carbons (Fsp3) is 0.654. The van der Waals surface area contributed by atoms with Crippen molar-refractivity contribution in [2.75, 3.05) is 33.2 Å². The molecule has 0 spiro atoms. The molecule has 0 bridgehead atoms. The van der Waals surface area contributed by atoms with Crippen LogP contribution < -0.4 is 11.0 Å². The van der Waals surface area contributed by atoms with E-state index in [0.717, 1.165) is 29.7 Å². The van der Waals surface area contributed by atoms with Crippen molar-refractivity contribution in [3.8, 4) is 0 Å². The number of piperidine rings is 2. The summed E-state index contributed by atoms with van der Waals surface area (Å²) in [6.45, 7) is 5.57. The highest BCUT2D eigenvalue weighted by atomic mass is 16.2. The summed E-state index contributed by atoms with van der Waals surface area (Å²) >= 11 is 0. The lowest BCUT2D eigenvalue weighted by Crippen LogP contribution is -2.44. The van der Waals surface area contributed by atoms with Crippen molar-refractivity contribution < 1.29 is 9.59 Å². The third-order valence-electron chi connectivity index (χ3n) is 7.36. The molecule has 1 unspecified atom stereocenters. The number of hydrogen-bond donors (Lipinski definition) is 1. The zero-order valence-corrected chi connectivity index (χ0v) is 20.7. The molecule has 0 saturated carbocycles. The highest BCUT2D eigenvalue weighted by Gasteiger charge is 2.31. The first-order chi connectivity index (χ1) is 16.5. The molecule has 3 heterocycles. The van der Waals surface area contributed by atoms with Crippen molar-refractivity contribution in [1.82, 2.24) is 24.3 Å². The molecule has 2 aromatic rings. The van der Waals surface area contributed by atoms with Gasteiger partial charge in [0.25, 0.3) is 0 Å². The van der Waals surface area contributed by atoms with E-state index in [9.17, 15) is 14.4 Å². The van der Waals surface area contributed by atoms with Crippen LogP contribution in [0.4, 0.5) is 0 Å². The first kappa shape index (κ1) is 24.7. The quantitative estimate of drug-likeness (QED) is 0.428. The Morgan fingerprint density at radius 3 is 2.56 bits per heavy atom. The molecule has 1 aromatic heterocycles. The molecular formula is C26H39N5O3. The van der Waals surface area contributed by atoms with Gasteiger partial charge in [0.05, 0.1) is 11.0 Å². The molecule has 2 fully saturated rings. The Hall–Kier alpha value is -2.45. The Labute approximate surface area is 201 Å². The molecule has 8 heteroatoms. The van der Waals surface area contributed by atoms with Gasteiger partial charge in [-0.25, -0.2) is 4.79 Å². The number of nitrogens with zero attached hydrogens (tertiary/aromatic N) is 4. The summed E-state index contributed by atoms with van der Waals surface area (Å²) in [5, 5.41) is 2.37. The lowest BCUT2D eigenvalue weighted by Gasteiger charge is -2.26. The number of rotatable bonds is 10. The third-order valence-corrected chi connectivity index (χ3v) is 7.36. The van der Waals surface area contributed by atoms with Crippen molar-refractivity contribution in [1.29, 1.82) is 0 Å². The minimum Gasteiger partial charge on any atom is -0.303 e. The first-order valence-electron chi connectivity index (χ1n) is 12.9. The molecule has 1 aromatic carbocycles. The summed E-state index contributed by atoms with van der Waals surface area (Å²) in [6, 6.07) is 5.26. The molecular weight excluding hydrogens is 430 g/mol.